The molecule has 0 aliphatic carbocycles. The summed E-state index contributed by atoms with van der Waals surface area (Å²) in [6.45, 7) is 3.02. The molecule has 3 heterocycles. The SMILES string of the molecule is Cc1nccn1-c1ncc(NC(=O)C2(c3ccccc3)CCOCC2)cn1. The van der Waals surface area contributed by atoms with Gasteiger partial charge in [-0.1, -0.05) is 30.3 Å². The number of ether oxygens (including phenoxy) is 1. The molecule has 0 spiro atoms. The van der Waals surface area contributed by atoms with Crippen LogP contribution in [0, 0.1) is 6.92 Å². The maximum Gasteiger partial charge on any atom is 0.235 e. The van der Waals surface area contributed by atoms with Crippen molar-refractivity contribution in [2.24, 2.45) is 0 Å². The molecule has 0 unspecified atom stereocenters. The van der Waals surface area contributed by atoms with Crippen molar-refractivity contribution in [3.8, 4) is 5.95 Å². The quantitative estimate of drug-likeness (QED) is 0.771. The molecular weight excluding hydrogens is 342 g/mol. The Morgan fingerprint density at radius 3 is 2.44 bits per heavy atom. The molecule has 3 aromatic rings. The third kappa shape index (κ3) is 3.33. The average molecular weight is 363 g/mol. The highest BCUT2D eigenvalue weighted by atomic mass is 16.5. The van der Waals surface area contributed by atoms with Gasteiger partial charge < -0.3 is 10.1 Å². The molecular formula is C20H21N5O2. The van der Waals surface area contributed by atoms with Crippen LogP contribution in [0.2, 0.25) is 0 Å². The third-order valence-electron chi connectivity index (χ3n) is 5.04. The molecule has 1 aliphatic heterocycles. The van der Waals surface area contributed by atoms with E-state index in [1.165, 1.54) is 0 Å². The van der Waals surface area contributed by atoms with E-state index < -0.39 is 5.41 Å². The summed E-state index contributed by atoms with van der Waals surface area (Å²) < 4.78 is 7.29. The van der Waals surface area contributed by atoms with E-state index in [4.69, 9.17) is 4.74 Å². The van der Waals surface area contributed by atoms with Gasteiger partial charge in [0.05, 0.1) is 23.5 Å². The van der Waals surface area contributed by atoms with E-state index in [0.717, 1.165) is 11.4 Å². The smallest absolute Gasteiger partial charge is 0.235 e. The molecule has 0 atom stereocenters. The summed E-state index contributed by atoms with van der Waals surface area (Å²) >= 11 is 0. The lowest BCUT2D eigenvalue weighted by Gasteiger charge is -2.36. The number of nitrogens with one attached hydrogen (secondary N) is 1. The van der Waals surface area contributed by atoms with Gasteiger partial charge in [-0.15, -0.1) is 0 Å². The van der Waals surface area contributed by atoms with Crippen LogP contribution in [0.1, 0.15) is 24.2 Å². The van der Waals surface area contributed by atoms with Gasteiger partial charge in [0.1, 0.15) is 5.82 Å². The molecule has 7 heteroatoms. The number of aryl methyl sites for hydroxylation is 1. The molecule has 1 aromatic carbocycles. The van der Waals surface area contributed by atoms with Gasteiger partial charge in [0.2, 0.25) is 11.9 Å². The van der Waals surface area contributed by atoms with Crippen LogP contribution in [0.15, 0.2) is 55.1 Å². The molecule has 1 N–H and O–H groups in total. The molecule has 1 fully saturated rings. The topological polar surface area (TPSA) is 81.9 Å². The third-order valence-corrected chi connectivity index (χ3v) is 5.04. The molecule has 7 nitrogen and oxygen atoms in total. The fraction of sp³-hybridized carbons (Fsp3) is 0.300. The van der Waals surface area contributed by atoms with E-state index in [0.29, 0.717) is 37.7 Å². The first-order valence-electron chi connectivity index (χ1n) is 8.96. The van der Waals surface area contributed by atoms with E-state index in [2.05, 4.69) is 20.3 Å². The Hall–Kier alpha value is -3.06. The maximum absolute atomic E-state index is 13.2. The van der Waals surface area contributed by atoms with Crippen molar-refractivity contribution in [2.45, 2.75) is 25.2 Å². The molecule has 1 saturated heterocycles. The number of hydrogen-bond donors (Lipinski definition) is 1. The van der Waals surface area contributed by atoms with Gasteiger partial charge in [-0.05, 0) is 25.3 Å². The summed E-state index contributed by atoms with van der Waals surface area (Å²) in [7, 11) is 0. The van der Waals surface area contributed by atoms with Gasteiger partial charge in [0, 0.05) is 25.6 Å². The van der Waals surface area contributed by atoms with Gasteiger partial charge in [-0.3, -0.25) is 9.36 Å². The number of rotatable bonds is 4. The summed E-state index contributed by atoms with van der Waals surface area (Å²) in [4.78, 5) is 26.1. The Morgan fingerprint density at radius 1 is 1.11 bits per heavy atom. The number of aromatic nitrogens is 4. The van der Waals surface area contributed by atoms with Crippen LogP contribution in [0.3, 0.4) is 0 Å². The van der Waals surface area contributed by atoms with Crippen molar-refractivity contribution >= 4 is 11.6 Å². The minimum absolute atomic E-state index is 0.0489. The second kappa shape index (κ2) is 7.28. The van der Waals surface area contributed by atoms with Gasteiger partial charge in [0.25, 0.3) is 0 Å². The van der Waals surface area contributed by atoms with E-state index >= 15 is 0 Å². The van der Waals surface area contributed by atoms with Crippen molar-refractivity contribution in [1.29, 1.82) is 0 Å². The fourth-order valence-corrected chi connectivity index (χ4v) is 3.47. The lowest BCUT2D eigenvalue weighted by Crippen LogP contribution is -2.44. The van der Waals surface area contributed by atoms with Crippen molar-refractivity contribution in [2.75, 3.05) is 18.5 Å². The van der Waals surface area contributed by atoms with E-state index in [1.54, 1.807) is 29.4 Å². The predicted molar refractivity (Wildman–Crippen MR) is 101 cm³/mol. The number of hydrogen-bond acceptors (Lipinski definition) is 5. The van der Waals surface area contributed by atoms with Crippen molar-refractivity contribution < 1.29 is 9.53 Å². The molecule has 4 rings (SSSR count). The summed E-state index contributed by atoms with van der Waals surface area (Å²) in [5.74, 6) is 1.27. The molecule has 0 saturated carbocycles. The summed E-state index contributed by atoms with van der Waals surface area (Å²) in [5.41, 5.74) is 0.986. The van der Waals surface area contributed by atoms with Crippen LogP contribution in [0.5, 0.6) is 0 Å². The van der Waals surface area contributed by atoms with Gasteiger partial charge in [-0.2, -0.15) is 0 Å². The Kier molecular flexibility index (Phi) is 4.68. The lowest BCUT2D eigenvalue weighted by molar-refractivity contribution is -0.125. The minimum Gasteiger partial charge on any atom is -0.381 e. The zero-order valence-corrected chi connectivity index (χ0v) is 15.1. The van der Waals surface area contributed by atoms with Crippen molar-refractivity contribution in [3.63, 3.8) is 0 Å². The van der Waals surface area contributed by atoms with Gasteiger partial charge in [0.15, 0.2) is 0 Å². The maximum atomic E-state index is 13.2. The largest absolute Gasteiger partial charge is 0.381 e. The van der Waals surface area contributed by atoms with Crippen LogP contribution in [0.25, 0.3) is 5.95 Å². The molecule has 1 amide bonds. The summed E-state index contributed by atoms with van der Waals surface area (Å²) in [5, 5.41) is 2.99. The van der Waals surface area contributed by atoms with Crippen LogP contribution < -0.4 is 5.32 Å². The summed E-state index contributed by atoms with van der Waals surface area (Å²) in [6, 6.07) is 9.90. The van der Waals surface area contributed by atoms with Crippen LogP contribution >= 0.6 is 0 Å². The second-order valence-electron chi connectivity index (χ2n) is 6.63. The Bertz CT molecular complexity index is 915. The zero-order chi connectivity index (χ0) is 18.7. The van der Waals surface area contributed by atoms with Gasteiger partial charge in [-0.25, -0.2) is 15.0 Å². The molecule has 0 radical (unpaired) electrons. The van der Waals surface area contributed by atoms with Crippen molar-refractivity contribution in [3.05, 3.63) is 66.5 Å². The Labute approximate surface area is 157 Å². The predicted octanol–water partition coefficient (Wildman–Crippen LogP) is 2.66. The molecule has 0 bridgehead atoms. The summed E-state index contributed by atoms with van der Waals surface area (Å²) in [6.07, 6.45) is 8.04. The fourth-order valence-electron chi connectivity index (χ4n) is 3.47. The number of nitrogens with zero attached hydrogens (tertiary/aromatic N) is 4. The first kappa shape index (κ1) is 17.4. The number of benzene rings is 1. The zero-order valence-electron chi connectivity index (χ0n) is 15.1. The van der Waals surface area contributed by atoms with Gasteiger partial charge >= 0.3 is 0 Å². The highest BCUT2D eigenvalue weighted by molar-refractivity contribution is 5.99. The molecule has 1 aliphatic rings. The first-order chi connectivity index (χ1) is 13.2. The van der Waals surface area contributed by atoms with E-state index in [9.17, 15) is 4.79 Å². The number of imidazole rings is 1. The molecule has 138 valence electrons. The van der Waals surface area contributed by atoms with Crippen LogP contribution in [-0.4, -0.2) is 38.6 Å². The standard InChI is InChI=1S/C20H21N5O2/c1-15-21-9-10-25(15)19-22-13-17(14-23-19)24-18(26)20(7-11-27-12-8-20)16-5-3-2-4-6-16/h2-6,9-10,13-14H,7-8,11-12H2,1H3,(H,24,26). The first-order valence-corrected chi connectivity index (χ1v) is 8.96. The number of anilines is 1. The molecule has 27 heavy (non-hydrogen) atoms. The van der Waals surface area contributed by atoms with Crippen LogP contribution in [-0.2, 0) is 14.9 Å². The van der Waals surface area contributed by atoms with E-state index in [1.807, 2.05) is 37.3 Å². The van der Waals surface area contributed by atoms with Crippen LogP contribution in [0.4, 0.5) is 5.69 Å². The monoisotopic (exact) mass is 363 g/mol. The molecule has 2 aromatic heterocycles. The lowest BCUT2D eigenvalue weighted by atomic mass is 9.73. The highest BCUT2D eigenvalue weighted by Gasteiger charge is 2.41. The highest BCUT2D eigenvalue weighted by Crippen LogP contribution is 2.36. The number of carbonyl (C=O) groups excluding carboxylic acids is 1. The normalized spacial score (nSPS) is 16.0. The Balaban J connectivity index is 1.57. The average Bonchev–Trinajstić information content (AvgIpc) is 3.15. The number of amides is 1. The Morgan fingerprint density at radius 2 is 1.81 bits per heavy atom. The second-order valence-corrected chi connectivity index (χ2v) is 6.63. The number of carbonyl (C=O) groups is 1. The minimum atomic E-state index is -0.598. The van der Waals surface area contributed by atoms with Crippen molar-refractivity contribution in [1.82, 2.24) is 19.5 Å². The van der Waals surface area contributed by atoms with E-state index in [-0.39, 0.29) is 5.91 Å².